The van der Waals surface area contributed by atoms with Gasteiger partial charge in [-0.05, 0) is 60.6 Å². The fourth-order valence-corrected chi connectivity index (χ4v) is 4.28. The van der Waals surface area contributed by atoms with Crippen molar-refractivity contribution in [2.75, 3.05) is 0 Å². The van der Waals surface area contributed by atoms with Crippen LogP contribution in [0.2, 0.25) is 0 Å². The van der Waals surface area contributed by atoms with E-state index in [0.29, 0.717) is 0 Å². The van der Waals surface area contributed by atoms with E-state index in [9.17, 15) is 13.2 Å². The highest BCUT2D eigenvalue weighted by Crippen LogP contribution is 2.47. The Morgan fingerprint density at radius 3 is 2.28 bits per heavy atom. The Kier molecular flexibility index (Phi) is 4.56. The third-order valence-electron chi connectivity index (χ3n) is 5.71. The molecule has 2 aromatic rings. The van der Waals surface area contributed by atoms with Crippen molar-refractivity contribution >= 4 is 11.6 Å². The van der Waals surface area contributed by atoms with Gasteiger partial charge in [0.25, 0.3) is 0 Å². The molecule has 0 amide bonds. The minimum absolute atomic E-state index is 0.0311. The molecule has 4 heteroatoms. The molecule has 0 aliphatic heterocycles. The van der Waals surface area contributed by atoms with Gasteiger partial charge in [0.15, 0.2) is 0 Å². The van der Waals surface area contributed by atoms with Crippen LogP contribution >= 0.6 is 0 Å². The first-order valence-electron chi connectivity index (χ1n) is 9.79. The fourth-order valence-electron chi connectivity index (χ4n) is 4.28. The van der Waals surface area contributed by atoms with Crippen LogP contribution in [-0.4, -0.2) is 11.2 Å². The minimum atomic E-state index is -4.24. The van der Waals surface area contributed by atoms with Crippen LogP contribution in [0.5, 0.6) is 0 Å². The average Bonchev–Trinajstić information content (AvgIpc) is 2.58. The second-order valence-corrected chi connectivity index (χ2v) is 8.87. The third-order valence-corrected chi connectivity index (χ3v) is 5.71. The normalized spacial score (nSPS) is 16.0. The van der Waals surface area contributed by atoms with Gasteiger partial charge < -0.3 is 0 Å². The maximum absolute atomic E-state index is 13.4. The SMILES string of the molecule is Cc1cc(C)cc(-c2cncc3c2C2=CC(CC(C)(C)C(F)(F)F)=CC(=C3)C2)c1. The van der Waals surface area contributed by atoms with Gasteiger partial charge in [-0.15, -0.1) is 0 Å². The molecule has 2 bridgehead atoms. The largest absolute Gasteiger partial charge is 0.394 e. The summed E-state index contributed by atoms with van der Waals surface area (Å²) in [6, 6.07) is 6.40. The van der Waals surface area contributed by atoms with Gasteiger partial charge in [-0.3, -0.25) is 4.98 Å². The summed E-state index contributed by atoms with van der Waals surface area (Å²) in [5, 5.41) is 0. The van der Waals surface area contributed by atoms with Crippen molar-refractivity contribution in [1.82, 2.24) is 4.98 Å². The Labute approximate surface area is 169 Å². The van der Waals surface area contributed by atoms with E-state index >= 15 is 0 Å². The van der Waals surface area contributed by atoms with Crippen LogP contribution in [0.25, 0.3) is 22.8 Å². The molecular formula is C25H24F3N. The molecule has 1 aromatic carbocycles. The van der Waals surface area contributed by atoms with Crippen LogP contribution in [0.15, 0.2) is 53.9 Å². The molecule has 1 aromatic heterocycles. The van der Waals surface area contributed by atoms with Gasteiger partial charge in [-0.1, -0.05) is 55.3 Å². The van der Waals surface area contributed by atoms with E-state index in [2.05, 4.69) is 43.1 Å². The molecule has 0 saturated heterocycles. The summed E-state index contributed by atoms with van der Waals surface area (Å²) in [5.41, 5.74) is 7.68. The summed E-state index contributed by atoms with van der Waals surface area (Å²) in [4.78, 5) is 4.43. The van der Waals surface area contributed by atoms with Gasteiger partial charge in [0.05, 0.1) is 5.41 Å². The van der Waals surface area contributed by atoms with E-state index in [1.54, 1.807) is 0 Å². The van der Waals surface area contributed by atoms with E-state index in [1.807, 2.05) is 24.5 Å². The lowest BCUT2D eigenvalue weighted by Gasteiger charge is -2.31. The van der Waals surface area contributed by atoms with Crippen LogP contribution in [0.4, 0.5) is 13.2 Å². The zero-order chi connectivity index (χ0) is 21.0. The monoisotopic (exact) mass is 395 g/mol. The number of hydrogen-bond acceptors (Lipinski definition) is 1. The Morgan fingerprint density at radius 1 is 0.931 bits per heavy atom. The highest BCUT2D eigenvalue weighted by molar-refractivity contribution is 5.92. The van der Waals surface area contributed by atoms with Crippen LogP contribution in [0, 0.1) is 19.3 Å². The first-order chi connectivity index (χ1) is 13.5. The topological polar surface area (TPSA) is 12.9 Å². The highest BCUT2D eigenvalue weighted by Gasteiger charge is 2.47. The Bertz CT molecular complexity index is 1060. The van der Waals surface area contributed by atoms with Crippen molar-refractivity contribution in [3.05, 3.63) is 76.1 Å². The smallest absolute Gasteiger partial charge is 0.263 e. The minimum Gasteiger partial charge on any atom is -0.263 e. The molecule has 29 heavy (non-hydrogen) atoms. The summed E-state index contributed by atoms with van der Waals surface area (Å²) >= 11 is 0. The number of aromatic nitrogens is 1. The van der Waals surface area contributed by atoms with E-state index in [0.717, 1.165) is 45.4 Å². The van der Waals surface area contributed by atoms with Crippen molar-refractivity contribution < 1.29 is 13.2 Å². The summed E-state index contributed by atoms with van der Waals surface area (Å²) in [7, 11) is 0. The number of halogens is 3. The number of benzene rings is 1. The zero-order valence-electron chi connectivity index (χ0n) is 17.1. The van der Waals surface area contributed by atoms with Crippen molar-refractivity contribution in [3.8, 4) is 11.1 Å². The molecule has 0 saturated carbocycles. The molecule has 4 rings (SSSR count). The first-order valence-corrected chi connectivity index (χ1v) is 9.79. The Hall–Kier alpha value is -2.62. The van der Waals surface area contributed by atoms with E-state index in [1.165, 1.54) is 25.0 Å². The van der Waals surface area contributed by atoms with Crippen molar-refractivity contribution in [2.45, 2.75) is 46.7 Å². The number of hydrogen-bond donors (Lipinski definition) is 0. The molecule has 0 fully saturated rings. The van der Waals surface area contributed by atoms with E-state index in [4.69, 9.17) is 0 Å². The van der Waals surface area contributed by atoms with Gasteiger partial charge in [0, 0.05) is 23.5 Å². The Balaban J connectivity index is 1.80. The molecule has 0 spiro atoms. The Morgan fingerprint density at radius 2 is 1.62 bits per heavy atom. The van der Waals surface area contributed by atoms with Crippen molar-refractivity contribution in [2.24, 2.45) is 5.41 Å². The molecule has 0 atom stereocenters. The standard InChI is InChI=1S/C25H24F3N/c1-15-5-16(2)7-19(6-15)22-14-29-13-21-10-17-8-18(11-20(9-17)23(21)22)12-24(3,4)25(26,27)28/h5-8,10-11,13-14H,9,12H2,1-4H3. The molecule has 0 radical (unpaired) electrons. The summed E-state index contributed by atoms with van der Waals surface area (Å²) in [6.07, 6.45) is 6.10. The molecule has 1 heterocycles. The van der Waals surface area contributed by atoms with Crippen molar-refractivity contribution in [3.63, 3.8) is 0 Å². The zero-order valence-corrected chi connectivity index (χ0v) is 17.1. The third kappa shape index (κ3) is 3.68. The second kappa shape index (κ2) is 6.72. The lowest BCUT2D eigenvalue weighted by Crippen LogP contribution is -2.32. The summed E-state index contributed by atoms with van der Waals surface area (Å²) in [6.45, 7) is 6.67. The molecule has 0 unspecified atom stereocenters. The van der Waals surface area contributed by atoms with Gasteiger partial charge in [-0.25, -0.2) is 0 Å². The predicted octanol–water partition coefficient (Wildman–Crippen LogP) is 7.45. The lowest BCUT2D eigenvalue weighted by atomic mass is 9.76. The van der Waals surface area contributed by atoms with Gasteiger partial charge in [-0.2, -0.15) is 13.2 Å². The highest BCUT2D eigenvalue weighted by atomic mass is 19.4. The van der Waals surface area contributed by atoms with Gasteiger partial charge in [0.2, 0.25) is 0 Å². The number of allylic oxidation sites excluding steroid dienone is 5. The van der Waals surface area contributed by atoms with E-state index in [-0.39, 0.29) is 6.42 Å². The van der Waals surface area contributed by atoms with Gasteiger partial charge in [0.1, 0.15) is 0 Å². The molecular weight excluding hydrogens is 371 g/mol. The maximum Gasteiger partial charge on any atom is 0.394 e. The van der Waals surface area contributed by atoms with Crippen LogP contribution in [0.3, 0.4) is 0 Å². The first kappa shape index (κ1) is 19.7. The molecule has 2 aliphatic rings. The predicted molar refractivity (Wildman–Crippen MR) is 112 cm³/mol. The number of pyridine rings is 1. The van der Waals surface area contributed by atoms with Crippen LogP contribution < -0.4 is 0 Å². The summed E-state index contributed by atoms with van der Waals surface area (Å²) < 4.78 is 40.2. The second-order valence-electron chi connectivity index (χ2n) is 8.87. The number of nitrogens with zero attached hydrogens (tertiary/aromatic N) is 1. The number of fused-ring (bicyclic) bond motifs is 4. The lowest BCUT2D eigenvalue weighted by molar-refractivity contribution is -0.210. The maximum atomic E-state index is 13.4. The number of aryl methyl sites for hydroxylation is 2. The molecule has 2 aliphatic carbocycles. The summed E-state index contributed by atoms with van der Waals surface area (Å²) in [5.74, 6) is 0. The fraction of sp³-hybridized carbons (Fsp3) is 0.320. The quantitative estimate of drug-likeness (QED) is 0.526. The molecule has 1 nitrogen and oxygen atoms in total. The number of alkyl halides is 3. The molecule has 0 N–H and O–H groups in total. The number of rotatable bonds is 3. The van der Waals surface area contributed by atoms with Gasteiger partial charge >= 0.3 is 6.18 Å². The van der Waals surface area contributed by atoms with E-state index < -0.39 is 11.6 Å². The van der Waals surface area contributed by atoms with Crippen LogP contribution in [0.1, 0.15) is 48.9 Å². The van der Waals surface area contributed by atoms with Crippen LogP contribution in [-0.2, 0) is 0 Å². The average molecular weight is 395 g/mol. The molecule has 150 valence electrons. The van der Waals surface area contributed by atoms with Crippen molar-refractivity contribution in [1.29, 1.82) is 0 Å².